The van der Waals surface area contributed by atoms with Crippen molar-refractivity contribution in [2.75, 3.05) is 5.32 Å². The molecule has 0 amide bonds. The van der Waals surface area contributed by atoms with E-state index in [1.165, 1.54) is 5.56 Å². The number of aromatic nitrogens is 2. The molecule has 0 spiro atoms. The summed E-state index contributed by atoms with van der Waals surface area (Å²) in [5.41, 5.74) is 3.30. The maximum atomic E-state index is 10.6. The van der Waals surface area contributed by atoms with E-state index in [9.17, 15) is 5.11 Å². The molecule has 4 heteroatoms. The number of benzene rings is 1. The maximum absolute atomic E-state index is 10.6. The van der Waals surface area contributed by atoms with Crippen LogP contribution in [-0.2, 0) is 13.0 Å². The van der Waals surface area contributed by atoms with Gasteiger partial charge in [0.2, 0.25) is 0 Å². The van der Waals surface area contributed by atoms with Crippen LogP contribution in [0.3, 0.4) is 0 Å². The molecule has 19 heavy (non-hydrogen) atoms. The van der Waals surface area contributed by atoms with Crippen LogP contribution in [0.2, 0.25) is 0 Å². The number of nitrogens with zero attached hydrogens (tertiary/aromatic N) is 2. The lowest BCUT2D eigenvalue weighted by Gasteiger charge is -2.20. The number of aliphatic hydroxyl groups excluding tert-OH is 1. The highest BCUT2D eigenvalue weighted by Crippen LogP contribution is 2.31. The first-order valence-electron chi connectivity index (χ1n) is 6.84. The summed E-state index contributed by atoms with van der Waals surface area (Å²) in [7, 11) is 0. The maximum Gasteiger partial charge on any atom is 0.116 e. The minimum atomic E-state index is -0.526. The molecule has 0 radical (unpaired) electrons. The van der Waals surface area contributed by atoms with Crippen molar-refractivity contribution in [3.63, 3.8) is 0 Å². The number of aryl methyl sites for hydroxylation is 1. The van der Waals surface area contributed by atoms with Crippen LogP contribution in [0.15, 0.2) is 36.5 Å². The third-order valence-corrected chi connectivity index (χ3v) is 3.67. The quantitative estimate of drug-likeness (QED) is 0.884. The van der Waals surface area contributed by atoms with Crippen molar-refractivity contribution in [1.29, 1.82) is 0 Å². The van der Waals surface area contributed by atoms with Gasteiger partial charge in [-0.15, -0.1) is 0 Å². The smallest absolute Gasteiger partial charge is 0.116 e. The van der Waals surface area contributed by atoms with E-state index in [0.717, 1.165) is 30.8 Å². The standard InChI is InChI=1S/C15H19N3O/c1-2-9-18-14(7-8-16-18)15(19)13-10-11-5-3-4-6-12(11)17-13/h3-8,13,15,17,19H,2,9-10H2,1H3. The Kier molecular flexibility index (Phi) is 3.25. The number of nitrogens with one attached hydrogen (secondary N) is 1. The van der Waals surface area contributed by atoms with E-state index in [2.05, 4.69) is 29.5 Å². The molecule has 0 aliphatic carbocycles. The van der Waals surface area contributed by atoms with Crippen LogP contribution in [0.25, 0.3) is 0 Å². The monoisotopic (exact) mass is 257 g/mol. The van der Waals surface area contributed by atoms with Crippen molar-refractivity contribution in [2.24, 2.45) is 0 Å². The normalized spacial score (nSPS) is 18.9. The van der Waals surface area contributed by atoms with Gasteiger partial charge >= 0.3 is 0 Å². The molecule has 2 heterocycles. The van der Waals surface area contributed by atoms with Gasteiger partial charge in [-0.25, -0.2) is 0 Å². The average Bonchev–Trinajstić information content (AvgIpc) is 3.04. The van der Waals surface area contributed by atoms with E-state index in [0.29, 0.717) is 0 Å². The molecule has 0 saturated carbocycles. The SMILES string of the molecule is CCCn1nccc1C(O)C1Cc2ccccc2N1. The molecular weight excluding hydrogens is 238 g/mol. The molecule has 3 rings (SSSR count). The molecule has 1 aliphatic rings. The topological polar surface area (TPSA) is 50.1 Å². The lowest BCUT2D eigenvalue weighted by Crippen LogP contribution is -2.27. The largest absolute Gasteiger partial charge is 0.385 e. The molecule has 0 saturated heterocycles. The molecule has 2 atom stereocenters. The van der Waals surface area contributed by atoms with Crippen LogP contribution >= 0.6 is 0 Å². The van der Waals surface area contributed by atoms with E-state index < -0.39 is 6.10 Å². The first-order valence-corrected chi connectivity index (χ1v) is 6.84. The van der Waals surface area contributed by atoms with Gasteiger partial charge in [0.1, 0.15) is 6.10 Å². The minimum absolute atomic E-state index is 0.0321. The Morgan fingerprint density at radius 1 is 1.42 bits per heavy atom. The molecule has 1 aromatic heterocycles. The summed E-state index contributed by atoms with van der Waals surface area (Å²) in [6.45, 7) is 2.96. The Hall–Kier alpha value is -1.81. The number of fused-ring (bicyclic) bond motifs is 1. The van der Waals surface area contributed by atoms with Crippen molar-refractivity contribution in [2.45, 2.75) is 38.5 Å². The molecule has 0 bridgehead atoms. The second kappa shape index (κ2) is 5.05. The Balaban J connectivity index is 1.79. The fraction of sp³-hybridized carbons (Fsp3) is 0.400. The summed E-state index contributed by atoms with van der Waals surface area (Å²) in [5.74, 6) is 0. The highest BCUT2D eigenvalue weighted by atomic mass is 16.3. The predicted molar refractivity (Wildman–Crippen MR) is 75.0 cm³/mol. The summed E-state index contributed by atoms with van der Waals surface area (Å²) in [6, 6.07) is 10.2. The number of para-hydroxylation sites is 1. The summed E-state index contributed by atoms with van der Waals surface area (Å²) in [4.78, 5) is 0. The predicted octanol–water partition coefficient (Wildman–Crippen LogP) is 2.36. The van der Waals surface area contributed by atoms with Crippen molar-refractivity contribution in [1.82, 2.24) is 9.78 Å². The van der Waals surface area contributed by atoms with E-state index in [4.69, 9.17) is 0 Å². The van der Waals surface area contributed by atoms with E-state index in [1.54, 1.807) is 6.20 Å². The van der Waals surface area contributed by atoms with Crippen molar-refractivity contribution in [3.8, 4) is 0 Å². The van der Waals surface area contributed by atoms with Crippen LogP contribution in [0.5, 0.6) is 0 Å². The summed E-state index contributed by atoms with van der Waals surface area (Å²) in [5, 5.41) is 18.2. The summed E-state index contributed by atoms with van der Waals surface area (Å²) >= 11 is 0. The lowest BCUT2D eigenvalue weighted by molar-refractivity contribution is 0.145. The second-order valence-electron chi connectivity index (χ2n) is 5.04. The highest BCUT2D eigenvalue weighted by Gasteiger charge is 2.29. The third kappa shape index (κ3) is 2.24. The van der Waals surface area contributed by atoms with Gasteiger partial charge in [0.15, 0.2) is 0 Å². The van der Waals surface area contributed by atoms with Gasteiger partial charge in [0.25, 0.3) is 0 Å². The van der Waals surface area contributed by atoms with Crippen LogP contribution < -0.4 is 5.32 Å². The zero-order valence-electron chi connectivity index (χ0n) is 11.1. The Morgan fingerprint density at radius 2 is 2.26 bits per heavy atom. The number of hydrogen-bond acceptors (Lipinski definition) is 3. The molecule has 2 N–H and O–H groups in total. The molecule has 100 valence electrons. The zero-order valence-corrected chi connectivity index (χ0v) is 11.1. The average molecular weight is 257 g/mol. The Morgan fingerprint density at radius 3 is 3.05 bits per heavy atom. The lowest BCUT2D eigenvalue weighted by atomic mass is 10.0. The first kappa shape index (κ1) is 12.2. The fourth-order valence-electron chi connectivity index (χ4n) is 2.72. The van der Waals surface area contributed by atoms with Gasteiger partial charge in [-0.1, -0.05) is 25.1 Å². The second-order valence-corrected chi connectivity index (χ2v) is 5.04. The molecule has 1 aliphatic heterocycles. The highest BCUT2D eigenvalue weighted by molar-refractivity contribution is 5.57. The van der Waals surface area contributed by atoms with Gasteiger partial charge in [-0.05, 0) is 30.5 Å². The van der Waals surface area contributed by atoms with Crippen LogP contribution in [0.4, 0.5) is 5.69 Å². The van der Waals surface area contributed by atoms with Crippen molar-refractivity contribution < 1.29 is 5.11 Å². The van der Waals surface area contributed by atoms with E-state index >= 15 is 0 Å². The number of hydrogen-bond donors (Lipinski definition) is 2. The van der Waals surface area contributed by atoms with Gasteiger partial charge in [0.05, 0.1) is 11.7 Å². The van der Waals surface area contributed by atoms with Gasteiger partial charge < -0.3 is 10.4 Å². The first-order chi connectivity index (χ1) is 9.29. The number of aliphatic hydroxyl groups is 1. The van der Waals surface area contributed by atoms with Gasteiger partial charge in [0, 0.05) is 18.4 Å². The number of anilines is 1. The van der Waals surface area contributed by atoms with Gasteiger partial charge in [-0.3, -0.25) is 4.68 Å². The zero-order chi connectivity index (χ0) is 13.2. The Bertz CT molecular complexity index is 539. The summed E-state index contributed by atoms with van der Waals surface area (Å²) in [6.07, 6.45) is 3.10. The molecular formula is C15H19N3O. The number of rotatable bonds is 4. The van der Waals surface area contributed by atoms with Crippen LogP contribution in [-0.4, -0.2) is 20.9 Å². The molecule has 1 aromatic carbocycles. The van der Waals surface area contributed by atoms with E-state index in [1.807, 2.05) is 22.9 Å². The molecule has 2 unspecified atom stereocenters. The van der Waals surface area contributed by atoms with Crippen molar-refractivity contribution >= 4 is 5.69 Å². The minimum Gasteiger partial charge on any atom is -0.385 e. The fourth-order valence-corrected chi connectivity index (χ4v) is 2.72. The molecule has 2 aromatic rings. The molecule has 0 fully saturated rings. The van der Waals surface area contributed by atoms with E-state index in [-0.39, 0.29) is 6.04 Å². The van der Waals surface area contributed by atoms with Crippen molar-refractivity contribution in [3.05, 3.63) is 47.8 Å². The summed E-state index contributed by atoms with van der Waals surface area (Å²) < 4.78 is 1.90. The Labute approximate surface area is 113 Å². The third-order valence-electron chi connectivity index (χ3n) is 3.67. The van der Waals surface area contributed by atoms with Gasteiger partial charge in [-0.2, -0.15) is 5.10 Å². The molecule has 4 nitrogen and oxygen atoms in total. The van der Waals surface area contributed by atoms with Crippen LogP contribution in [0.1, 0.15) is 30.7 Å². The van der Waals surface area contributed by atoms with Crippen LogP contribution in [0, 0.1) is 0 Å².